The lowest BCUT2D eigenvalue weighted by Crippen LogP contribution is -2.19. The zero-order chi connectivity index (χ0) is 16.1. The van der Waals surface area contributed by atoms with Crippen molar-refractivity contribution in [3.8, 4) is 0 Å². The summed E-state index contributed by atoms with van der Waals surface area (Å²) in [5.74, 6) is -0.190. The van der Waals surface area contributed by atoms with E-state index in [9.17, 15) is 4.79 Å². The number of nitrogens with one attached hydrogen (secondary N) is 2. The summed E-state index contributed by atoms with van der Waals surface area (Å²) in [4.78, 5) is 16.5. The second kappa shape index (κ2) is 7.57. The number of anilines is 2. The van der Waals surface area contributed by atoms with Crippen molar-refractivity contribution >= 4 is 33.2 Å². The maximum Gasteiger partial charge on any atom is 0.257 e. The number of benzene rings is 1. The Bertz CT molecular complexity index is 687. The Balaban J connectivity index is 1.64. The summed E-state index contributed by atoms with van der Waals surface area (Å²) in [5.41, 5.74) is 2.06. The minimum Gasteiger partial charge on any atom is -0.381 e. The highest BCUT2D eigenvalue weighted by Crippen LogP contribution is 2.22. The quantitative estimate of drug-likeness (QED) is 0.836. The second-order valence-corrected chi connectivity index (χ2v) is 6.27. The molecule has 6 heteroatoms. The van der Waals surface area contributed by atoms with Gasteiger partial charge in [-0.15, -0.1) is 0 Å². The number of halogens is 1. The van der Waals surface area contributed by atoms with E-state index >= 15 is 0 Å². The maximum absolute atomic E-state index is 12.4. The van der Waals surface area contributed by atoms with Gasteiger partial charge in [0.05, 0.1) is 23.0 Å². The molecule has 23 heavy (non-hydrogen) atoms. The second-order valence-electron chi connectivity index (χ2n) is 5.41. The van der Waals surface area contributed by atoms with Crippen molar-refractivity contribution in [1.82, 2.24) is 4.98 Å². The van der Waals surface area contributed by atoms with Crippen molar-refractivity contribution in [1.29, 1.82) is 0 Å². The summed E-state index contributed by atoms with van der Waals surface area (Å²) in [7, 11) is 0. The van der Waals surface area contributed by atoms with Crippen LogP contribution in [0.2, 0.25) is 0 Å². The van der Waals surface area contributed by atoms with E-state index in [0.29, 0.717) is 5.56 Å². The number of pyridine rings is 1. The summed E-state index contributed by atoms with van der Waals surface area (Å²) in [6, 6.07) is 9.30. The number of hydrogen-bond donors (Lipinski definition) is 2. The molecule has 0 spiro atoms. The molecule has 1 atom stereocenters. The Hall–Kier alpha value is -1.92. The van der Waals surface area contributed by atoms with Crippen LogP contribution < -0.4 is 10.6 Å². The lowest BCUT2D eigenvalue weighted by molar-refractivity contribution is 0.102. The van der Waals surface area contributed by atoms with E-state index < -0.39 is 0 Å². The van der Waals surface area contributed by atoms with Crippen molar-refractivity contribution in [2.75, 3.05) is 23.8 Å². The minimum atomic E-state index is -0.190. The minimum absolute atomic E-state index is 0.190. The SMILES string of the molecule is O=C(Nc1ccccc1Br)c1cncc(NCC2CCCO2)c1. The number of amides is 1. The Kier molecular flexibility index (Phi) is 5.25. The average Bonchev–Trinajstić information content (AvgIpc) is 3.09. The lowest BCUT2D eigenvalue weighted by Gasteiger charge is -2.12. The largest absolute Gasteiger partial charge is 0.381 e. The normalized spacial score (nSPS) is 17.0. The van der Waals surface area contributed by atoms with Crippen LogP contribution in [0.4, 0.5) is 11.4 Å². The number of nitrogens with zero attached hydrogens (tertiary/aromatic N) is 1. The van der Waals surface area contributed by atoms with Crippen molar-refractivity contribution in [3.05, 3.63) is 52.8 Å². The van der Waals surface area contributed by atoms with E-state index in [4.69, 9.17) is 4.74 Å². The third-order valence-electron chi connectivity index (χ3n) is 3.68. The smallest absolute Gasteiger partial charge is 0.257 e. The first-order valence-electron chi connectivity index (χ1n) is 7.59. The van der Waals surface area contributed by atoms with Gasteiger partial charge in [-0.2, -0.15) is 0 Å². The zero-order valence-electron chi connectivity index (χ0n) is 12.6. The summed E-state index contributed by atoms with van der Waals surface area (Å²) in [6.45, 7) is 1.57. The van der Waals surface area contributed by atoms with Crippen LogP contribution in [0, 0.1) is 0 Å². The van der Waals surface area contributed by atoms with E-state index in [1.165, 1.54) is 0 Å². The number of ether oxygens (including phenoxy) is 1. The predicted molar refractivity (Wildman–Crippen MR) is 93.8 cm³/mol. The Morgan fingerprint density at radius 3 is 3.00 bits per heavy atom. The monoisotopic (exact) mass is 375 g/mol. The molecule has 1 aromatic heterocycles. The van der Waals surface area contributed by atoms with Gasteiger partial charge < -0.3 is 15.4 Å². The molecule has 0 aliphatic carbocycles. The summed E-state index contributed by atoms with van der Waals surface area (Å²) >= 11 is 3.42. The van der Waals surface area contributed by atoms with Gasteiger partial charge in [0.25, 0.3) is 5.91 Å². The Morgan fingerprint density at radius 2 is 2.22 bits per heavy atom. The van der Waals surface area contributed by atoms with Gasteiger partial charge in [0.1, 0.15) is 0 Å². The van der Waals surface area contributed by atoms with E-state index in [0.717, 1.165) is 41.8 Å². The fourth-order valence-corrected chi connectivity index (χ4v) is 2.84. The van der Waals surface area contributed by atoms with Gasteiger partial charge in [-0.05, 0) is 47.0 Å². The molecule has 1 fully saturated rings. The molecule has 1 amide bonds. The van der Waals surface area contributed by atoms with Crippen molar-refractivity contribution in [2.24, 2.45) is 0 Å². The maximum atomic E-state index is 12.4. The molecule has 0 radical (unpaired) electrons. The van der Waals surface area contributed by atoms with Gasteiger partial charge in [0.15, 0.2) is 0 Å². The van der Waals surface area contributed by atoms with Crippen LogP contribution in [-0.4, -0.2) is 30.1 Å². The first kappa shape index (κ1) is 16.0. The molecule has 1 aliphatic rings. The fourth-order valence-electron chi connectivity index (χ4n) is 2.45. The van der Waals surface area contributed by atoms with Gasteiger partial charge in [-0.25, -0.2) is 0 Å². The van der Waals surface area contributed by atoms with Crippen molar-refractivity contribution < 1.29 is 9.53 Å². The standard InChI is InChI=1S/C17H18BrN3O2/c18-15-5-1-2-6-16(15)21-17(22)12-8-13(10-19-9-12)20-11-14-4-3-7-23-14/h1-2,5-6,8-10,14,20H,3-4,7,11H2,(H,21,22). The van der Waals surface area contributed by atoms with E-state index in [2.05, 4.69) is 31.5 Å². The van der Waals surface area contributed by atoms with Gasteiger partial charge in [0.2, 0.25) is 0 Å². The first-order chi connectivity index (χ1) is 11.2. The molecule has 1 aromatic carbocycles. The molecule has 1 unspecified atom stereocenters. The Labute approximate surface area is 143 Å². The van der Waals surface area contributed by atoms with E-state index in [-0.39, 0.29) is 12.0 Å². The highest BCUT2D eigenvalue weighted by atomic mass is 79.9. The molecule has 5 nitrogen and oxygen atoms in total. The van der Waals surface area contributed by atoms with Crippen LogP contribution in [0.25, 0.3) is 0 Å². The highest BCUT2D eigenvalue weighted by molar-refractivity contribution is 9.10. The molecule has 2 heterocycles. The molecular weight excluding hydrogens is 358 g/mol. The van der Waals surface area contributed by atoms with Gasteiger partial charge >= 0.3 is 0 Å². The van der Waals surface area contributed by atoms with Crippen LogP contribution in [0.1, 0.15) is 23.2 Å². The van der Waals surface area contributed by atoms with Gasteiger partial charge in [-0.3, -0.25) is 9.78 Å². The first-order valence-corrected chi connectivity index (χ1v) is 8.38. The summed E-state index contributed by atoms with van der Waals surface area (Å²) in [6.07, 6.45) is 5.70. The third-order valence-corrected chi connectivity index (χ3v) is 4.37. The molecule has 1 aliphatic heterocycles. The fraction of sp³-hybridized carbons (Fsp3) is 0.294. The van der Waals surface area contributed by atoms with Crippen molar-refractivity contribution in [2.45, 2.75) is 18.9 Å². The van der Waals surface area contributed by atoms with Crippen molar-refractivity contribution in [3.63, 3.8) is 0 Å². The molecule has 0 saturated carbocycles. The number of para-hydroxylation sites is 1. The van der Waals surface area contributed by atoms with Gasteiger partial charge in [-0.1, -0.05) is 12.1 Å². The molecule has 2 aromatic rings. The number of carbonyl (C=O) groups is 1. The number of carbonyl (C=O) groups excluding carboxylic acids is 1. The molecule has 2 N–H and O–H groups in total. The summed E-state index contributed by atoms with van der Waals surface area (Å²) < 4.78 is 6.42. The average molecular weight is 376 g/mol. The van der Waals surface area contributed by atoms with Crippen LogP contribution in [0.15, 0.2) is 47.2 Å². The van der Waals surface area contributed by atoms with Crippen LogP contribution >= 0.6 is 15.9 Å². The van der Waals surface area contributed by atoms with E-state index in [1.807, 2.05) is 24.3 Å². The molecule has 0 bridgehead atoms. The van der Waals surface area contributed by atoms with Crippen LogP contribution in [-0.2, 0) is 4.74 Å². The number of aromatic nitrogens is 1. The molecular formula is C17H18BrN3O2. The topological polar surface area (TPSA) is 63.2 Å². The molecule has 1 saturated heterocycles. The summed E-state index contributed by atoms with van der Waals surface area (Å²) in [5, 5.41) is 6.15. The number of hydrogen-bond acceptors (Lipinski definition) is 4. The molecule has 3 rings (SSSR count). The highest BCUT2D eigenvalue weighted by Gasteiger charge is 2.15. The zero-order valence-corrected chi connectivity index (χ0v) is 14.2. The lowest BCUT2D eigenvalue weighted by atomic mass is 10.2. The van der Waals surface area contributed by atoms with Crippen LogP contribution in [0.3, 0.4) is 0 Å². The van der Waals surface area contributed by atoms with E-state index in [1.54, 1.807) is 18.5 Å². The predicted octanol–water partition coefficient (Wildman–Crippen LogP) is 3.69. The molecule has 120 valence electrons. The van der Waals surface area contributed by atoms with Gasteiger partial charge in [0, 0.05) is 30.0 Å². The van der Waals surface area contributed by atoms with Crippen LogP contribution in [0.5, 0.6) is 0 Å². The number of rotatable bonds is 5. The Morgan fingerprint density at radius 1 is 1.35 bits per heavy atom. The third kappa shape index (κ3) is 4.30.